The molecule has 0 atom stereocenters. The smallest absolute Gasteiger partial charge is 0.289 e. The van der Waals surface area contributed by atoms with E-state index in [0.717, 1.165) is 10.4 Å². The molecule has 1 aromatic heterocycles. The van der Waals surface area contributed by atoms with Crippen molar-refractivity contribution in [1.82, 2.24) is 19.4 Å². The molecular formula is C17H20N6O5S. The maximum absolute atomic E-state index is 12.9. The molecule has 0 spiro atoms. The number of hydrogen-bond donors (Lipinski definition) is 0. The number of rotatable bonds is 5. The van der Waals surface area contributed by atoms with Gasteiger partial charge in [0, 0.05) is 46.3 Å². The first kappa shape index (κ1) is 20.6. The van der Waals surface area contributed by atoms with Crippen LogP contribution in [0.2, 0.25) is 0 Å². The van der Waals surface area contributed by atoms with E-state index in [4.69, 9.17) is 0 Å². The number of carbonyl (C=O) groups is 1. The number of nitro groups is 1. The zero-order valence-electron chi connectivity index (χ0n) is 15.9. The second kappa shape index (κ2) is 8.09. The van der Waals surface area contributed by atoms with Crippen molar-refractivity contribution in [3.63, 3.8) is 0 Å². The van der Waals surface area contributed by atoms with Crippen molar-refractivity contribution in [1.29, 1.82) is 0 Å². The lowest BCUT2D eigenvalue weighted by Gasteiger charge is -2.33. The van der Waals surface area contributed by atoms with E-state index in [1.807, 2.05) is 14.1 Å². The van der Waals surface area contributed by atoms with Crippen LogP contribution in [-0.2, 0) is 10.0 Å². The largest absolute Gasteiger partial charge is 0.361 e. The number of para-hydroxylation sites is 1. The van der Waals surface area contributed by atoms with Crippen molar-refractivity contribution >= 4 is 27.4 Å². The van der Waals surface area contributed by atoms with Crippen LogP contribution >= 0.6 is 0 Å². The normalized spacial score (nSPS) is 15.2. The Morgan fingerprint density at radius 2 is 1.72 bits per heavy atom. The highest BCUT2D eigenvalue weighted by Crippen LogP contribution is 2.27. The van der Waals surface area contributed by atoms with E-state index in [-0.39, 0.29) is 42.7 Å². The van der Waals surface area contributed by atoms with Gasteiger partial charge in [0.1, 0.15) is 0 Å². The van der Waals surface area contributed by atoms with Crippen LogP contribution < -0.4 is 4.90 Å². The molecule has 1 aliphatic heterocycles. The maximum atomic E-state index is 12.9. The van der Waals surface area contributed by atoms with Gasteiger partial charge in [0.25, 0.3) is 11.6 Å². The van der Waals surface area contributed by atoms with E-state index in [2.05, 4.69) is 10.2 Å². The molecule has 2 heterocycles. The van der Waals surface area contributed by atoms with Crippen molar-refractivity contribution < 1.29 is 18.1 Å². The summed E-state index contributed by atoms with van der Waals surface area (Å²) in [6.07, 6.45) is 0. The van der Waals surface area contributed by atoms with Crippen LogP contribution in [0.5, 0.6) is 0 Å². The van der Waals surface area contributed by atoms with Gasteiger partial charge in [-0.15, -0.1) is 10.2 Å². The van der Waals surface area contributed by atoms with Crippen molar-refractivity contribution in [3.8, 4) is 0 Å². The van der Waals surface area contributed by atoms with E-state index in [0.29, 0.717) is 5.82 Å². The van der Waals surface area contributed by atoms with Gasteiger partial charge >= 0.3 is 0 Å². The van der Waals surface area contributed by atoms with Gasteiger partial charge in [-0.3, -0.25) is 14.9 Å². The minimum Gasteiger partial charge on any atom is -0.361 e. The lowest BCUT2D eigenvalue weighted by Crippen LogP contribution is -2.50. The van der Waals surface area contributed by atoms with Crippen LogP contribution in [-0.4, -0.2) is 78.9 Å². The number of anilines is 1. The van der Waals surface area contributed by atoms with Crippen LogP contribution in [0.3, 0.4) is 0 Å². The lowest BCUT2D eigenvalue weighted by molar-refractivity contribution is -0.387. The van der Waals surface area contributed by atoms with Gasteiger partial charge in [0.15, 0.2) is 16.4 Å². The summed E-state index contributed by atoms with van der Waals surface area (Å²) in [5, 5.41) is 19.1. The van der Waals surface area contributed by atoms with Crippen molar-refractivity contribution in [2.45, 2.75) is 4.90 Å². The number of aromatic nitrogens is 2. The van der Waals surface area contributed by atoms with Gasteiger partial charge in [0.05, 0.1) is 4.92 Å². The van der Waals surface area contributed by atoms with E-state index in [1.165, 1.54) is 23.1 Å². The number of benzene rings is 1. The molecule has 12 heteroatoms. The van der Waals surface area contributed by atoms with Gasteiger partial charge in [0.2, 0.25) is 10.0 Å². The minimum absolute atomic E-state index is 0.0311. The van der Waals surface area contributed by atoms with Gasteiger partial charge in [-0.25, -0.2) is 8.42 Å². The predicted octanol–water partition coefficient (Wildman–Crippen LogP) is 0.597. The maximum Gasteiger partial charge on any atom is 0.289 e. The Bertz CT molecular complexity index is 1020. The summed E-state index contributed by atoms with van der Waals surface area (Å²) in [6, 6.07) is 8.47. The number of amides is 1. The van der Waals surface area contributed by atoms with Crippen LogP contribution in [0.1, 0.15) is 10.5 Å². The molecule has 0 aliphatic carbocycles. The molecule has 0 N–H and O–H groups in total. The molecule has 1 saturated heterocycles. The molecule has 0 unspecified atom stereocenters. The molecule has 0 saturated carbocycles. The van der Waals surface area contributed by atoms with Gasteiger partial charge in [-0.2, -0.15) is 4.31 Å². The highest BCUT2D eigenvalue weighted by atomic mass is 32.2. The van der Waals surface area contributed by atoms with Gasteiger partial charge in [-0.05, 0) is 18.2 Å². The van der Waals surface area contributed by atoms with E-state index in [9.17, 15) is 23.3 Å². The average molecular weight is 420 g/mol. The SMILES string of the molecule is CN(C)c1ccc(C(=O)N2CCN(S(=O)(=O)c3ccccc3[N+](=O)[O-])CC2)nn1. The Morgan fingerprint density at radius 3 is 2.28 bits per heavy atom. The quantitative estimate of drug-likeness (QED) is 0.508. The zero-order chi connectivity index (χ0) is 21.2. The average Bonchev–Trinajstić information content (AvgIpc) is 2.73. The first-order valence-corrected chi connectivity index (χ1v) is 10.2. The fraction of sp³-hybridized carbons (Fsp3) is 0.353. The highest BCUT2D eigenvalue weighted by molar-refractivity contribution is 7.89. The summed E-state index contributed by atoms with van der Waals surface area (Å²) >= 11 is 0. The summed E-state index contributed by atoms with van der Waals surface area (Å²) < 4.78 is 26.9. The van der Waals surface area contributed by atoms with Crippen molar-refractivity contribution in [2.24, 2.45) is 0 Å². The molecule has 154 valence electrons. The number of nitro benzene ring substituents is 1. The first-order chi connectivity index (χ1) is 13.7. The fourth-order valence-corrected chi connectivity index (χ4v) is 4.52. The molecule has 29 heavy (non-hydrogen) atoms. The lowest BCUT2D eigenvalue weighted by atomic mass is 10.3. The molecular weight excluding hydrogens is 400 g/mol. The molecule has 1 fully saturated rings. The summed E-state index contributed by atoms with van der Waals surface area (Å²) in [5.41, 5.74) is -0.298. The Morgan fingerprint density at radius 1 is 1.07 bits per heavy atom. The van der Waals surface area contributed by atoms with Gasteiger partial charge in [-0.1, -0.05) is 12.1 Å². The van der Waals surface area contributed by atoms with Gasteiger partial charge < -0.3 is 9.80 Å². The minimum atomic E-state index is -4.05. The molecule has 3 rings (SSSR count). The summed E-state index contributed by atoms with van der Waals surface area (Å²) in [5.74, 6) is 0.271. The first-order valence-electron chi connectivity index (χ1n) is 8.75. The third kappa shape index (κ3) is 4.17. The molecule has 1 aliphatic rings. The summed E-state index contributed by atoms with van der Waals surface area (Å²) in [6.45, 7) is 0.359. The predicted molar refractivity (Wildman–Crippen MR) is 104 cm³/mol. The number of carbonyl (C=O) groups excluding carboxylic acids is 1. The topological polar surface area (TPSA) is 130 Å². The molecule has 11 nitrogen and oxygen atoms in total. The fourth-order valence-electron chi connectivity index (χ4n) is 2.94. The molecule has 1 aromatic carbocycles. The third-order valence-electron chi connectivity index (χ3n) is 4.53. The Labute approximate surface area is 167 Å². The zero-order valence-corrected chi connectivity index (χ0v) is 16.7. The molecule has 0 radical (unpaired) electrons. The van der Waals surface area contributed by atoms with Crippen LogP contribution in [0.4, 0.5) is 11.5 Å². The number of sulfonamides is 1. The van der Waals surface area contributed by atoms with Crippen LogP contribution in [0, 0.1) is 10.1 Å². The van der Waals surface area contributed by atoms with Crippen LogP contribution in [0.25, 0.3) is 0 Å². The number of hydrogen-bond acceptors (Lipinski definition) is 8. The number of piperazine rings is 1. The Balaban J connectivity index is 1.71. The molecule has 2 aromatic rings. The van der Waals surface area contributed by atoms with Crippen molar-refractivity contribution in [3.05, 3.63) is 52.2 Å². The third-order valence-corrected chi connectivity index (χ3v) is 6.48. The van der Waals surface area contributed by atoms with E-state index >= 15 is 0 Å². The van der Waals surface area contributed by atoms with E-state index in [1.54, 1.807) is 17.0 Å². The molecule has 0 bridgehead atoms. The monoisotopic (exact) mass is 420 g/mol. The summed E-state index contributed by atoms with van der Waals surface area (Å²) in [4.78, 5) is 25.9. The second-order valence-corrected chi connectivity index (χ2v) is 8.50. The number of nitrogens with zero attached hydrogens (tertiary/aromatic N) is 6. The summed E-state index contributed by atoms with van der Waals surface area (Å²) in [7, 11) is -0.431. The Kier molecular flexibility index (Phi) is 5.75. The second-order valence-electron chi connectivity index (χ2n) is 6.59. The standard InChI is InChI=1S/C17H20N6O5S/c1-20(2)16-8-7-13(18-19-16)17(24)21-9-11-22(12-10-21)29(27,28)15-6-4-3-5-14(15)23(25)26/h3-8H,9-12H2,1-2H3. The molecule has 1 amide bonds. The van der Waals surface area contributed by atoms with E-state index < -0.39 is 20.6 Å². The Hall–Kier alpha value is -3.12. The van der Waals surface area contributed by atoms with Crippen LogP contribution in [0.15, 0.2) is 41.3 Å². The highest BCUT2D eigenvalue weighted by Gasteiger charge is 2.34. The van der Waals surface area contributed by atoms with Crippen molar-refractivity contribution in [2.75, 3.05) is 45.2 Å².